The third kappa shape index (κ3) is 3.63. The summed E-state index contributed by atoms with van der Waals surface area (Å²) < 4.78 is 16.6. The molecule has 1 amide bonds. The van der Waals surface area contributed by atoms with Crippen molar-refractivity contribution in [3.8, 4) is 11.5 Å². The number of allylic oxidation sites excluding steroid dienone is 1. The van der Waals surface area contributed by atoms with Crippen LogP contribution in [0.15, 0.2) is 76.5 Å². The van der Waals surface area contributed by atoms with Crippen LogP contribution >= 0.6 is 0 Å². The molecule has 2 aliphatic rings. The lowest BCUT2D eigenvalue weighted by Crippen LogP contribution is -2.37. The minimum Gasteiger partial charge on any atom is -0.493 e. The van der Waals surface area contributed by atoms with E-state index in [1.807, 2.05) is 48.5 Å². The van der Waals surface area contributed by atoms with Crippen molar-refractivity contribution in [1.29, 1.82) is 0 Å². The van der Waals surface area contributed by atoms with E-state index in [-0.39, 0.29) is 17.6 Å². The normalized spacial score (nSPS) is 19.6. The average Bonchev–Trinajstić information content (AvgIpc) is 3.33. The molecule has 0 fully saturated rings. The Morgan fingerprint density at radius 3 is 2.53 bits per heavy atom. The second kappa shape index (κ2) is 8.74. The first-order chi connectivity index (χ1) is 16.5. The fraction of sp³-hybridized carbons (Fsp3) is 0.259. The second-order valence-corrected chi connectivity index (χ2v) is 8.48. The number of rotatable bonds is 4. The van der Waals surface area contributed by atoms with E-state index in [1.165, 1.54) is 6.92 Å². The molecule has 0 bridgehead atoms. The highest BCUT2D eigenvalue weighted by Crippen LogP contribution is 2.48. The van der Waals surface area contributed by atoms with Crippen LogP contribution in [-0.4, -0.2) is 25.9 Å². The number of furan rings is 1. The van der Waals surface area contributed by atoms with Gasteiger partial charge in [0.25, 0.3) is 0 Å². The Labute approximate surface area is 198 Å². The third-order valence-corrected chi connectivity index (χ3v) is 6.50. The molecule has 0 unspecified atom stereocenters. The molecule has 0 radical (unpaired) electrons. The monoisotopic (exact) mass is 458 g/mol. The third-order valence-electron chi connectivity index (χ3n) is 6.50. The minimum atomic E-state index is -0.617. The van der Waals surface area contributed by atoms with Crippen LogP contribution in [0.3, 0.4) is 0 Å². The van der Waals surface area contributed by atoms with Gasteiger partial charge in [-0.1, -0.05) is 18.2 Å². The smallest absolute Gasteiger partial charge is 0.224 e. The first kappa shape index (κ1) is 21.8. The summed E-state index contributed by atoms with van der Waals surface area (Å²) in [6.07, 6.45) is 2.53. The van der Waals surface area contributed by atoms with E-state index in [2.05, 4.69) is 5.32 Å². The fourth-order valence-corrected chi connectivity index (χ4v) is 5.00. The van der Waals surface area contributed by atoms with E-state index in [0.717, 1.165) is 22.7 Å². The number of hydrogen-bond donors (Lipinski definition) is 1. The van der Waals surface area contributed by atoms with Crippen LogP contribution in [0.1, 0.15) is 43.0 Å². The topological polar surface area (TPSA) is 81.0 Å². The Kier molecular flexibility index (Phi) is 5.61. The zero-order valence-corrected chi connectivity index (χ0v) is 19.3. The number of carbonyl (C=O) groups is 2. The van der Waals surface area contributed by atoms with Gasteiger partial charge in [-0.25, -0.2) is 0 Å². The molecule has 2 heterocycles. The van der Waals surface area contributed by atoms with Gasteiger partial charge in [0, 0.05) is 30.5 Å². The van der Waals surface area contributed by atoms with Crippen molar-refractivity contribution in [2.45, 2.75) is 31.7 Å². The average molecular weight is 459 g/mol. The largest absolute Gasteiger partial charge is 0.493 e. The Morgan fingerprint density at radius 1 is 1.03 bits per heavy atom. The lowest BCUT2D eigenvalue weighted by atomic mass is 9.80. The first-order valence-electron chi connectivity index (χ1n) is 11.2. The predicted molar refractivity (Wildman–Crippen MR) is 128 cm³/mol. The van der Waals surface area contributed by atoms with Crippen LogP contribution < -0.4 is 19.7 Å². The van der Waals surface area contributed by atoms with Crippen LogP contribution in [0.25, 0.3) is 0 Å². The number of anilines is 2. The second-order valence-electron chi connectivity index (χ2n) is 8.48. The van der Waals surface area contributed by atoms with Crippen LogP contribution in [0.4, 0.5) is 11.4 Å². The van der Waals surface area contributed by atoms with E-state index in [1.54, 1.807) is 31.4 Å². The number of amides is 1. The highest BCUT2D eigenvalue weighted by Gasteiger charge is 2.41. The predicted octanol–water partition coefficient (Wildman–Crippen LogP) is 5.22. The Morgan fingerprint density at radius 2 is 1.82 bits per heavy atom. The molecule has 5 rings (SSSR count). The lowest BCUT2D eigenvalue weighted by molar-refractivity contribution is -0.117. The van der Waals surface area contributed by atoms with E-state index in [4.69, 9.17) is 13.9 Å². The molecule has 1 N–H and O–H groups in total. The molecule has 1 aromatic heterocycles. The van der Waals surface area contributed by atoms with Gasteiger partial charge in [0.15, 0.2) is 17.3 Å². The number of ketones is 1. The summed E-state index contributed by atoms with van der Waals surface area (Å²) >= 11 is 0. The zero-order valence-electron chi connectivity index (χ0n) is 19.3. The van der Waals surface area contributed by atoms with Gasteiger partial charge in [0.2, 0.25) is 5.91 Å². The Bertz CT molecular complexity index is 1280. The maximum absolute atomic E-state index is 13.7. The lowest BCUT2D eigenvalue weighted by Gasteiger charge is -2.34. The molecule has 174 valence electrons. The maximum atomic E-state index is 13.7. The number of benzene rings is 2. The summed E-state index contributed by atoms with van der Waals surface area (Å²) in [6, 6.07) is 16.3. The number of Topliss-reactive ketones (excluding diaryl/α,β-unsaturated/α-hetero) is 1. The molecular formula is C27H26N2O5. The molecule has 1 aliphatic heterocycles. The molecule has 1 aliphatic carbocycles. The number of ether oxygens (including phenoxy) is 2. The zero-order chi connectivity index (χ0) is 23.8. The molecule has 7 nitrogen and oxygen atoms in total. The molecule has 0 spiro atoms. The van der Waals surface area contributed by atoms with Gasteiger partial charge in [-0.3, -0.25) is 14.5 Å². The van der Waals surface area contributed by atoms with E-state index in [9.17, 15) is 9.59 Å². The highest BCUT2D eigenvalue weighted by molar-refractivity contribution is 6.06. The molecule has 7 heteroatoms. The Hall–Kier alpha value is -4.00. The number of para-hydroxylation sites is 2. The number of fused-ring (bicyclic) bond motifs is 1. The van der Waals surface area contributed by atoms with Crippen molar-refractivity contribution in [3.05, 3.63) is 83.5 Å². The molecule has 34 heavy (non-hydrogen) atoms. The van der Waals surface area contributed by atoms with Crippen molar-refractivity contribution >= 4 is 23.1 Å². The van der Waals surface area contributed by atoms with Crippen LogP contribution in [0, 0.1) is 0 Å². The van der Waals surface area contributed by atoms with Crippen molar-refractivity contribution in [2.24, 2.45) is 0 Å². The minimum absolute atomic E-state index is 0.0195. The number of hydrogen-bond acceptors (Lipinski definition) is 6. The number of methoxy groups -OCH3 is 2. The van der Waals surface area contributed by atoms with Gasteiger partial charge in [-0.05, 0) is 48.4 Å². The van der Waals surface area contributed by atoms with E-state index < -0.39 is 6.04 Å². The fourth-order valence-electron chi connectivity index (χ4n) is 5.00. The van der Waals surface area contributed by atoms with Gasteiger partial charge < -0.3 is 19.2 Å². The molecule has 3 aromatic rings. The van der Waals surface area contributed by atoms with Gasteiger partial charge in [0.1, 0.15) is 5.76 Å². The number of nitrogens with zero attached hydrogens (tertiary/aromatic N) is 1. The standard InChI is InChI=1S/C27H26N2O5/c1-16(30)29-21-8-5-4-7-19(21)28-20-13-18(23-9-6-12-34-23)14-22(31)26(20)27(29)17-10-11-24(32-2)25(15-17)33-3/h4-12,15,18,27-28H,13-14H2,1-3H3/t18-,27-/m0/s1. The summed E-state index contributed by atoms with van der Waals surface area (Å²) in [5.74, 6) is 1.64. The summed E-state index contributed by atoms with van der Waals surface area (Å²) in [5, 5.41) is 3.49. The molecule has 0 saturated heterocycles. The van der Waals surface area contributed by atoms with Crippen molar-refractivity contribution in [2.75, 3.05) is 24.4 Å². The van der Waals surface area contributed by atoms with Crippen molar-refractivity contribution in [1.82, 2.24) is 0 Å². The summed E-state index contributed by atoms with van der Waals surface area (Å²) in [4.78, 5) is 28.5. The maximum Gasteiger partial charge on any atom is 0.224 e. The van der Waals surface area contributed by atoms with Gasteiger partial charge in [0.05, 0.1) is 37.9 Å². The van der Waals surface area contributed by atoms with Crippen LogP contribution in [0.2, 0.25) is 0 Å². The van der Waals surface area contributed by atoms with Gasteiger partial charge >= 0.3 is 0 Å². The van der Waals surface area contributed by atoms with Crippen LogP contribution in [-0.2, 0) is 9.59 Å². The quantitative estimate of drug-likeness (QED) is 0.578. The van der Waals surface area contributed by atoms with E-state index >= 15 is 0 Å². The van der Waals surface area contributed by atoms with Crippen LogP contribution in [0.5, 0.6) is 11.5 Å². The number of nitrogens with one attached hydrogen (secondary N) is 1. The number of carbonyl (C=O) groups excluding carboxylic acids is 2. The SMILES string of the molecule is COc1ccc([C@H]2C3=C(C[C@H](c4ccco4)CC3=O)Nc3ccccc3N2C(C)=O)cc1OC. The highest BCUT2D eigenvalue weighted by atomic mass is 16.5. The summed E-state index contributed by atoms with van der Waals surface area (Å²) in [6.45, 7) is 1.52. The van der Waals surface area contributed by atoms with Crippen molar-refractivity contribution in [3.63, 3.8) is 0 Å². The van der Waals surface area contributed by atoms with Gasteiger partial charge in [-0.15, -0.1) is 0 Å². The van der Waals surface area contributed by atoms with E-state index in [0.29, 0.717) is 35.6 Å². The molecular weight excluding hydrogens is 432 g/mol. The molecule has 2 atom stereocenters. The molecule has 2 aromatic carbocycles. The summed E-state index contributed by atoms with van der Waals surface area (Å²) in [5.41, 5.74) is 3.64. The molecule has 0 saturated carbocycles. The first-order valence-corrected chi connectivity index (χ1v) is 11.2. The summed E-state index contributed by atoms with van der Waals surface area (Å²) in [7, 11) is 3.14. The van der Waals surface area contributed by atoms with Crippen molar-refractivity contribution < 1.29 is 23.5 Å². The Balaban J connectivity index is 1.73. The van der Waals surface area contributed by atoms with Gasteiger partial charge in [-0.2, -0.15) is 0 Å².